The first-order valence-corrected chi connectivity index (χ1v) is 6.61. The predicted octanol–water partition coefficient (Wildman–Crippen LogP) is 2.10. The first-order chi connectivity index (χ1) is 7.38. The Morgan fingerprint density at radius 1 is 1.53 bits per heavy atom. The second kappa shape index (κ2) is 5.58. The maximum Gasteiger partial charge on any atom is 0.0940 e. The third-order valence-corrected chi connectivity index (χ3v) is 4.03. The third-order valence-electron chi connectivity index (χ3n) is 3.23. The van der Waals surface area contributed by atoms with Crippen molar-refractivity contribution in [1.29, 1.82) is 0 Å². The van der Waals surface area contributed by atoms with Gasteiger partial charge in [-0.15, -0.1) is 11.3 Å². The minimum atomic E-state index is 0.402. The SMILES string of the molecule is NNC(Cc1nccs1)CC1CCCC1. The van der Waals surface area contributed by atoms with E-state index in [0.29, 0.717) is 6.04 Å². The molecular formula is C11H19N3S. The van der Waals surface area contributed by atoms with E-state index < -0.39 is 0 Å². The summed E-state index contributed by atoms with van der Waals surface area (Å²) in [6.07, 6.45) is 9.62. The van der Waals surface area contributed by atoms with Crippen molar-refractivity contribution in [2.24, 2.45) is 11.8 Å². The van der Waals surface area contributed by atoms with E-state index in [-0.39, 0.29) is 0 Å². The molecular weight excluding hydrogens is 206 g/mol. The summed E-state index contributed by atoms with van der Waals surface area (Å²) < 4.78 is 0. The molecule has 84 valence electrons. The molecule has 2 rings (SSSR count). The zero-order chi connectivity index (χ0) is 10.5. The number of hydrogen-bond acceptors (Lipinski definition) is 4. The van der Waals surface area contributed by atoms with Gasteiger partial charge in [0.2, 0.25) is 0 Å². The van der Waals surface area contributed by atoms with Gasteiger partial charge in [-0.05, 0) is 12.3 Å². The van der Waals surface area contributed by atoms with Crippen LogP contribution in [0.5, 0.6) is 0 Å². The van der Waals surface area contributed by atoms with Crippen molar-refractivity contribution in [2.45, 2.75) is 44.6 Å². The zero-order valence-corrected chi connectivity index (χ0v) is 9.80. The van der Waals surface area contributed by atoms with Crippen LogP contribution in [-0.2, 0) is 6.42 Å². The fourth-order valence-corrected chi connectivity index (χ4v) is 3.12. The standard InChI is InChI=1S/C11H19N3S/c12-14-10(7-9-3-1-2-4-9)8-11-13-5-6-15-11/h5-6,9-10,14H,1-4,7-8,12H2. The van der Waals surface area contributed by atoms with Crippen molar-refractivity contribution < 1.29 is 0 Å². The van der Waals surface area contributed by atoms with Gasteiger partial charge in [-0.2, -0.15) is 0 Å². The molecule has 1 heterocycles. The minimum absolute atomic E-state index is 0.402. The smallest absolute Gasteiger partial charge is 0.0940 e. The molecule has 1 fully saturated rings. The second-order valence-electron chi connectivity index (χ2n) is 4.38. The van der Waals surface area contributed by atoms with E-state index in [0.717, 1.165) is 12.3 Å². The molecule has 1 aliphatic rings. The van der Waals surface area contributed by atoms with Gasteiger partial charge in [0.15, 0.2) is 0 Å². The normalized spacial score (nSPS) is 19.5. The number of rotatable bonds is 5. The molecule has 0 bridgehead atoms. The summed E-state index contributed by atoms with van der Waals surface area (Å²) in [5, 5.41) is 3.22. The van der Waals surface area contributed by atoms with Crippen LogP contribution in [0.15, 0.2) is 11.6 Å². The van der Waals surface area contributed by atoms with Gasteiger partial charge >= 0.3 is 0 Å². The van der Waals surface area contributed by atoms with Crippen LogP contribution < -0.4 is 11.3 Å². The van der Waals surface area contributed by atoms with Crippen LogP contribution in [0.3, 0.4) is 0 Å². The number of nitrogens with one attached hydrogen (secondary N) is 1. The maximum atomic E-state index is 5.59. The lowest BCUT2D eigenvalue weighted by molar-refractivity contribution is 0.389. The Hall–Kier alpha value is -0.450. The Bertz CT molecular complexity index is 267. The van der Waals surface area contributed by atoms with Gasteiger partial charge < -0.3 is 0 Å². The van der Waals surface area contributed by atoms with E-state index in [4.69, 9.17) is 5.84 Å². The van der Waals surface area contributed by atoms with Crippen molar-refractivity contribution in [2.75, 3.05) is 0 Å². The Morgan fingerprint density at radius 2 is 2.33 bits per heavy atom. The molecule has 0 spiro atoms. The van der Waals surface area contributed by atoms with Gasteiger partial charge in [0.25, 0.3) is 0 Å². The third kappa shape index (κ3) is 3.26. The fraction of sp³-hybridized carbons (Fsp3) is 0.727. The molecule has 4 heteroatoms. The highest BCUT2D eigenvalue weighted by atomic mass is 32.1. The van der Waals surface area contributed by atoms with Crippen molar-refractivity contribution in [1.82, 2.24) is 10.4 Å². The number of nitrogens with two attached hydrogens (primary N) is 1. The summed E-state index contributed by atoms with van der Waals surface area (Å²) >= 11 is 1.72. The van der Waals surface area contributed by atoms with E-state index in [1.807, 2.05) is 11.6 Å². The molecule has 0 saturated heterocycles. The number of aromatic nitrogens is 1. The Kier molecular flexibility index (Phi) is 4.11. The molecule has 0 radical (unpaired) electrons. The highest BCUT2D eigenvalue weighted by Gasteiger charge is 2.20. The number of thiazole rings is 1. The summed E-state index contributed by atoms with van der Waals surface area (Å²) in [4.78, 5) is 4.30. The molecule has 15 heavy (non-hydrogen) atoms. The molecule has 1 atom stereocenters. The molecule has 0 amide bonds. The van der Waals surface area contributed by atoms with Crippen molar-refractivity contribution in [3.63, 3.8) is 0 Å². The lowest BCUT2D eigenvalue weighted by Crippen LogP contribution is -2.38. The number of nitrogens with zero attached hydrogens (tertiary/aromatic N) is 1. The molecule has 3 nitrogen and oxygen atoms in total. The van der Waals surface area contributed by atoms with Crippen LogP contribution in [-0.4, -0.2) is 11.0 Å². The Balaban J connectivity index is 1.81. The summed E-state index contributed by atoms with van der Waals surface area (Å²) in [6.45, 7) is 0. The molecule has 3 N–H and O–H groups in total. The highest BCUT2D eigenvalue weighted by Crippen LogP contribution is 2.29. The molecule has 1 aromatic heterocycles. The summed E-state index contributed by atoms with van der Waals surface area (Å²) in [5.74, 6) is 6.47. The van der Waals surface area contributed by atoms with Gasteiger partial charge in [0.05, 0.1) is 5.01 Å². The topological polar surface area (TPSA) is 50.9 Å². The first-order valence-electron chi connectivity index (χ1n) is 5.73. The quantitative estimate of drug-likeness (QED) is 0.596. The summed E-state index contributed by atoms with van der Waals surface area (Å²) in [6, 6.07) is 0.402. The molecule has 1 saturated carbocycles. The van der Waals surface area contributed by atoms with Gasteiger partial charge in [0, 0.05) is 24.0 Å². The molecule has 1 aliphatic carbocycles. The van der Waals surface area contributed by atoms with E-state index in [1.165, 1.54) is 37.1 Å². The molecule has 0 aliphatic heterocycles. The lowest BCUT2D eigenvalue weighted by atomic mass is 9.97. The monoisotopic (exact) mass is 225 g/mol. The molecule has 1 unspecified atom stereocenters. The van der Waals surface area contributed by atoms with E-state index in [1.54, 1.807) is 11.3 Å². The number of hydrazine groups is 1. The van der Waals surface area contributed by atoms with Crippen LogP contribution >= 0.6 is 11.3 Å². The lowest BCUT2D eigenvalue weighted by Gasteiger charge is -2.18. The average molecular weight is 225 g/mol. The van der Waals surface area contributed by atoms with Gasteiger partial charge in [-0.25, -0.2) is 4.98 Å². The summed E-state index contributed by atoms with van der Waals surface area (Å²) in [5.41, 5.74) is 2.93. The zero-order valence-electron chi connectivity index (χ0n) is 8.98. The van der Waals surface area contributed by atoms with Crippen molar-refractivity contribution in [3.05, 3.63) is 16.6 Å². The molecule has 1 aromatic rings. The Morgan fingerprint density at radius 3 is 2.93 bits per heavy atom. The average Bonchev–Trinajstić information content (AvgIpc) is 2.89. The Labute approximate surface area is 95.1 Å². The highest BCUT2D eigenvalue weighted by molar-refractivity contribution is 7.09. The van der Waals surface area contributed by atoms with Crippen LogP contribution in [0.25, 0.3) is 0 Å². The predicted molar refractivity (Wildman–Crippen MR) is 63.5 cm³/mol. The van der Waals surface area contributed by atoms with Crippen LogP contribution in [0.4, 0.5) is 0 Å². The minimum Gasteiger partial charge on any atom is -0.271 e. The van der Waals surface area contributed by atoms with Crippen LogP contribution in [0, 0.1) is 5.92 Å². The summed E-state index contributed by atoms with van der Waals surface area (Å²) in [7, 11) is 0. The van der Waals surface area contributed by atoms with Crippen molar-refractivity contribution in [3.8, 4) is 0 Å². The van der Waals surface area contributed by atoms with Gasteiger partial charge in [-0.3, -0.25) is 11.3 Å². The fourth-order valence-electron chi connectivity index (χ4n) is 2.42. The van der Waals surface area contributed by atoms with Gasteiger partial charge in [-0.1, -0.05) is 25.7 Å². The van der Waals surface area contributed by atoms with E-state index in [2.05, 4.69) is 10.4 Å². The van der Waals surface area contributed by atoms with E-state index in [9.17, 15) is 0 Å². The van der Waals surface area contributed by atoms with Gasteiger partial charge in [0.1, 0.15) is 0 Å². The second-order valence-corrected chi connectivity index (χ2v) is 5.36. The van der Waals surface area contributed by atoms with Crippen molar-refractivity contribution >= 4 is 11.3 Å². The van der Waals surface area contributed by atoms with Crippen LogP contribution in [0.2, 0.25) is 0 Å². The largest absolute Gasteiger partial charge is 0.271 e. The number of hydrogen-bond donors (Lipinski definition) is 2. The molecule has 0 aromatic carbocycles. The van der Waals surface area contributed by atoms with E-state index >= 15 is 0 Å². The maximum absolute atomic E-state index is 5.59. The first kappa shape index (κ1) is 11.0. The van der Waals surface area contributed by atoms with Crippen LogP contribution in [0.1, 0.15) is 37.1 Å².